The molecule has 1 aromatic heterocycles. The summed E-state index contributed by atoms with van der Waals surface area (Å²) in [7, 11) is -3.56. The fourth-order valence-electron chi connectivity index (χ4n) is 2.56. The maximum atomic E-state index is 12.5. The van der Waals surface area contributed by atoms with Crippen molar-refractivity contribution in [2.75, 3.05) is 5.32 Å². The van der Waals surface area contributed by atoms with Crippen molar-refractivity contribution in [3.05, 3.63) is 83.8 Å². The van der Waals surface area contributed by atoms with E-state index in [1.54, 1.807) is 31.2 Å². The third-order valence-electron chi connectivity index (χ3n) is 3.95. The van der Waals surface area contributed by atoms with Crippen LogP contribution in [0, 0.1) is 6.92 Å². The summed E-state index contributed by atoms with van der Waals surface area (Å²) in [5.74, 6) is -0.0772. The molecule has 0 atom stereocenters. The van der Waals surface area contributed by atoms with Crippen molar-refractivity contribution in [3.8, 4) is 0 Å². The van der Waals surface area contributed by atoms with E-state index in [0.29, 0.717) is 17.1 Å². The highest BCUT2D eigenvalue weighted by Crippen LogP contribution is 2.19. The molecular weight excluding hydrogens is 422 g/mol. The summed E-state index contributed by atoms with van der Waals surface area (Å²) in [4.78, 5) is 12.1. The van der Waals surface area contributed by atoms with Crippen molar-refractivity contribution in [2.24, 2.45) is 0 Å². The highest BCUT2D eigenvalue weighted by Gasteiger charge is 2.17. The minimum absolute atomic E-state index is 0.103. The van der Waals surface area contributed by atoms with Crippen molar-refractivity contribution < 1.29 is 17.7 Å². The van der Waals surface area contributed by atoms with E-state index < -0.39 is 9.84 Å². The molecule has 0 fully saturated rings. The molecule has 154 valence electrons. The second kappa shape index (κ2) is 9.47. The molecule has 0 bridgehead atoms. The van der Waals surface area contributed by atoms with Gasteiger partial charge in [-0.1, -0.05) is 35.5 Å². The molecule has 0 saturated carbocycles. The van der Waals surface area contributed by atoms with E-state index in [9.17, 15) is 13.2 Å². The largest absolute Gasteiger partial charge is 0.361 e. The first-order valence-electron chi connectivity index (χ1n) is 8.92. The van der Waals surface area contributed by atoms with Gasteiger partial charge in [-0.25, -0.2) is 8.42 Å². The monoisotopic (exact) mass is 441 g/mol. The van der Waals surface area contributed by atoms with Crippen molar-refractivity contribution in [1.82, 2.24) is 10.5 Å². The number of carbonyl (C=O) groups is 1. The molecule has 0 saturated heterocycles. The van der Waals surface area contributed by atoms with Gasteiger partial charge in [0.2, 0.25) is 5.91 Å². The van der Waals surface area contributed by atoms with Gasteiger partial charge in [0.05, 0.1) is 10.6 Å². The lowest BCUT2D eigenvalue weighted by molar-refractivity contribution is -0.115. The first-order valence-corrected chi connectivity index (χ1v) is 11.0. The number of nitrogens with one attached hydrogen (secondary N) is 2. The van der Waals surface area contributed by atoms with E-state index >= 15 is 0 Å². The number of benzene rings is 2. The molecular formula is C21H19N3O4S2. The molecule has 0 aliphatic heterocycles. The number of amides is 1. The first-order chi connectivity index (χ1) is 14.3. The standard InChI is InChI=1S/C21H19N3O4S2/c1-15-13-18(24-28-15)14-30(26,27)19-10-8-17(9-11-19)22-21(29)23-20(25)12-7-16-5-3-2-4-6-16/h2-13H,14H2,1H3,(H2,22,23,25,29)/b12-7+. The molecule has 0 aliphatic carbocycles. The Morgan fingerprint density at radius 2 is 1.83 bits per heavy atom. The van der Waals surface area contributed by atoms with Crippen LogP contribution in [0.25, 0.3) is 6.08 Å². The van der Waals surface area contributed by atoms with Crippen molar-refractivity contribution in [2.45, 2.75) is 17.6 Å². The zero-order chi connectivity index (χ0) is 21.6. The topological polar surface area (TPSA) is 101 Å². The van der Waals surface area contributed by atoms with Gasteiger partial charge >= 0.3 is 0 Å². The molecule has 0 radical (unpaired) electrons. The Kier molecular flexibility index (Phi) is 6.76. The summed E-state index contributed by atoms with van der Waals surface area (Å²) in [6.07, 6.45) is 3.05. The van der Waals surface area contributed by atoms with Crippen molar-refractivity contribution in [3.63, 3.8) is 0 Å². The number of carbonyl (C=O) groups excluding carboxylic acids is 1. The lowest BCUT2D eigenvalue weighted by Gasteiger charge is -2.09. The van der Waals surface area contributed by atoms with E-state index in [1.165, 1.54) is 18.2 Å². The smallest absolute Gasteiger partial charge is 0.250 e. The van der Waals surface area contributed by atoms with Crippen LogP contribution in [-0.2, 0) is 20.4 Å². The van der Waals surface area contributed by atoms with Gasteiger partial charge < -0.3 is 9.84 Å². The predicted octanol–water partition coefficient (Wildman–Crippen LogP) is 3.48. The van der Waals surface area contributed by atoms with E-state index in [4.69, 9.17) is 16.7 Å². The van der Waals surface area contributed by atoms with Crippen LogP contribution in [0.5, 0.6) is 0 Å². The highest BCUT2D eigenvalue weighted by atomic mass is 32.2. The predicted molar refractivity (Wildman–Crippen MR) is 118 cm³/mol. The van der Waals surface area contributed by atoms with Crippen LogP contribution < -0.4 is 10.6 Å². The van der Waals surface area contributed by atoms with Crippen LogP contribution >= 0.6 is 12.2 Å². The number of hydrogen-bond donors (Lipinski definition) is 2. The van der Waals surface area contributed by atoms with Crippen LogP contribution in [0.4, 0.5) is 5.69 Å². The van der Waals surface area contributed by atoms with Gasteiger partial charge in [-0.2, -0.15) is 0 Å². The minimum atomic E-state index is -3.56. The highest BCUT2D eigenvalue weighted by molar-refractivity contribution is 7.90. The summed E-state index contributed by atoms with van der Waals surface area (Å²) in [6.45, 7) is 1.70. The number of aryl methyl sites for hydroxylation is 1. The molecule has 0 aliphatic rings. The van der Waals surface area contributed by atoms with E-state index in [0.717, 1.165) is 5.56 Å². The Morgan fingerprint density at radius 1 is 1.13 bits per heavy atom. The molecule has 9 heteroatoms. The number of hydrogen-bond acceptors (Lipinski definition) is 6. The van der Waals surface area contributed by atoms with Crippen molar-refractivity contribution in [1.29, 1.82) is 0 Å². The second-order valence-corrected chi connectivity index (χ2v) is 8.80. The molecule has 1 heterocycles. The molecule has 7 nitrogen and oxygen atoms in total. The molecule has 3 aromatic rings. The summed E-state index contributed by atoms with van der Waals surface area (Å²) < 4.78 is 29.9. The molecule has 2 N–H and O–H groups in total. The molecule has 30 heavy (non-hydrogen) atoms. The molecule has 3 rings (SSSR count). The first kappa shape index (κ1) is 21.4. The lowest BCUT2D eigenvalue weighted by atomic mass is 10.2. The number of thiocarbonyl (C=S) groups is 1. The summed E-state index contributed by atoms with van der Waals surface area (Å²) in [5, 5.41) is 9.20. The number of nitrogens with zero attached hydrogens (tertiary/aromatic N) is 1. The molecule has 0 unspecified atom stereocenters. The van der Waals surface area contributed by atoms with Crippen LogP contribution in [0.2, 0.25) is 0 Å². The summed E-state index contributed by atoms with van der Waals surface area (Å²) >= 11 is 5.12. The number of sulfone groups is 1. The van der Waals surface area contributed by atoms with Gasteiger partial charge in [0.25, 0.3) is 0 Å². The number of aromatic nitrogens is 1. The SMILES string of the molecule is Cc1cc(CS(=O)(=O)c2ccc(NC(=S)NC(=O)/C=C/c3ccccc3)cc2)no1. The average molecular weight is 442 g/mol. The number of anilines is 1. The van der Waals surface area contributed by atoms with Crippen LogP contribution in [-0.4, -0.2) is 24.6 Å². The quantitative estimate of drug-likeness (QED) is 0.446. The lowest BCUT2D eigenvalue weighted by Crippen LogP contribution is -2.32. The Morgan fingerprint density at radius 3 is 2.47 bits per heavy atom. The van der Waals surface area contributed by atoms with Crippen LogP contribution in [0.1, 0.15) is 17.0 Å². The van der Waals surface area contributed by atoms with Gasteiger partial charge in [0, 0.05) is 17.8 Å². The Bertz CT molecular complexity index is 1170. The zero-order valence-electron chi connectivity index (χ0n) is 16.0. The number of rotatable bonds is 6. The van der Waals surface area contributed by atoms with Crippen molar-refractivity contribution >= 4 is 44.8 Å². The Balaban J connectivity index is 1.56. The maximum Gasteiger partial charge on any atom is 0.250 e. The normalized spacial score (nSPS) is 11.4. The third-order valence-corrected chi connectivity index (χ3v) is 5.82. The Hall–Kier alpha value is -3.30. The maximum absolute atomic E-state index is 12.5. The average Bonchev–Trinajstić information content (AvgIpc) is 3.11. The van der Waals surface area contributed by atoms with Gasteiger partial charge in [0.15, 0.2) is 14.9 Å². The molecule has 1 amide bonds. The minimum Gasteiger partial charge on any atom is -0.361 e. The summed E-state index contributed by atoms with van der Waals surface area (Å²) in [5.41, 5.74) is 1.79. The van der Waals surface area contributed by atoms with Crippen LogP contribution in [0.15, 0.2) is 76.2 Å². The fraction of sp³-hybridized carbons (Fsp3) is 0.0952. The Labute approximate surface area is 179 Å². The van der Waals surface area contributed by atoms with Gasteiger partial charge in [-0.15, -0.1) is 0 Å². The fourth-order valence-corrected chi connectivity index (χ4v) is 4.02. The summed E-state index contributed by atoms with van der Waals surface area (Å²) in [6, 6.07) is 17.0. The van der Waals surface area contributed by atoms with Gasteiger partial charge in [-0.05, 0) is 55.0 Å². The van der Waals surface area contributed by atoms with E-state index in [-0.39, 0.29) is 21.7 Å². The molecule has 2 aromatic carbocycles. The zero-order valence-corrected chi connectivity index (χ0v) is 17.7. The van der Waals surface area contributed by atoms with E-state index in [1.807, 2.05) is 30.3 Å². The van der Waals surface area contributed by atoms with E-state index in [2.05, 4.69) is 15.8 Å². The molecule has 0 spiro atoms. The third kappa shape index (κ3) is 6.10. The second-order valence-electron chi connectivity index (χ2n) is 6.40. The van der Waals surface area contributed by atoms with Gasteiger partial charge in [-0.3, -0.25) is 10.1 Å². The van der Waals surface area contributed by atoms with Gasteiger partial charge in [0.1, 0.15) is 11.5 Å². The van der Waals surface area contributed by atoms with Crippen LogP contribution in [0.3, 0.4) is 0 Å².